The van der Waals surface area contributed by atoms with Gasteiger partial charge in [0.2, 0.25) is 0 Å². The van der Waals surface area contributed by atoms with Gasteiger partial charge in [0.05, 0.1) is 0 Å². The molecule has 0 aromatic carbocycles. The SMILES string of the molecule is CCCCCCCCCC/C=C\CCCCCCCCCCCCCCCC(=O)OCC(COC(=O)CCCCCCCCCCCCCCCCCCC)OC(=O)CCCCCCCCCCCCCCCCCCCCC. The molecule has 0 N–H and O–H groups in total. The van der Waals surface area contributed by atoms with Crippen molar-refractivity contribution in [3.8, 4) is 0 Å². The highest BCUT2D eigenvalue weighted by atomic mass is 16.6. The van der Waals surface area contributed by atoms with E-state index in [1.54, 1.807) is 0 Å². The van der Waals surface area contributed by atoms with E-state index in [9.17, 15) is 14.4 Å². The lowest BCUT2D eigenvalue weighted by molar-refractivity contribution is -0.167. The lowest BCUT2D eigenvalue weighted by Gasteiger charge is -2.18. The molecule has 0 saturated carbocycles. The minimum atomic E-state index is -0.766. The van der Waals surface area contributed by atoms with Crippen LogP contribution >= 0.6 is 0 Å². The van der Waals surface area contributed by atoms with Gasteiger partial charge in [-0.15, -0.1) is 0 Å². The second-order valence-electron chi connectivity index (χ2n) is 24.9. The molecule has 1 atom stereocenters. The largest absolute Gasteiger partial charge is 0.462 e. The van der Waals surface area contributed by atoms with Crippen molar-refractivity contribution in [2.45, 2.75) is 425 Å². The second kappa shape index (κ2) is 68.6. The fourth-order valence-electron chi connectivity index (χ4n) is 11.3. The first-order valence-electron chi connectivity index (χ1n) is 36.2. The van der Waals surface area contributed by atoms with Crippen molar-refractivity contribution in [2.24, 2.45) is 0 Å². The molecule has 0 aliphatic heterocycles. The number of ether oxygens (including phenoxy) is 3. The van der Waals surface area contributed by atoms with Crippen LogP contribution in [0.15, 0.2) is 12.2 Å². The molecule has 0 aromatic rings. The maximum atomic E-state index is 13.0. The number of unbranched alkanes of at least 4 members (excludes halogenated alkanes) is 55. The van der Waals surface area contributed by atoms with Crippen molar-refractivity contribution in [1.82, 2.24) is 0 Å². The van der Waals surface area contributed by atoms with Gasteiger partial charge in [-0.05, 0) is 44.9 Å². The Morgan fingerprint density at radius 1 is 0.241 bits per heavy atom. The Morgan fingerprint density at radius 3 is 0.633 bits per heavy atom. The Balaban J connectivity index is 4.25. The van der Waals surface area contributed by atoms with Gasteiger partial charge in [0, 0.05) is 19.3 Å². The molecule has 6 heteroatoms. The van der Waals surface area contributed by atoms with Gasteiger partial charge in [0.1, 0.15) is 13.2 Å². The van der Waals surface area contributed by atoms with E-state index in [-0.39, 0.29) is 31.1 Å². The third-order valence-corrected chi connectivity index (χ3v) is 16.8. The van der Waals surface area contributed by atoms with Crippen LogP contribution in [0.5, 0.6) is 0 Å². The van der Waals surface area contributed by atoms with Gasteiger partial charge < -0.3 is 14.2 Å². The van der Waals surface area contributed by atoms with Gasteiger partial charge in [-0.2, -0.15) is 0 Å². The first-order chi connectivity index (χ1) is 39.0. The fourth-order valence-corrected chi connectivity index (χ4v) is 11.3. The van der Waals surface area contributed by atoms with Crippen LogP contribution in [-0.4, -0.2) is 37.2 Å². The van der Waals surface area contributed by atoms with E-state index in [1.165, 1.54) is 321 Å². The molecule has 1 unspecified atom stereocenters. The maximum absolute atomic E-state index is 13.0. The van der Waals surface area contributed by atoms with Gasteiger partial charge in [-0.25, -0.2) is 0 Å². The summed E-state index contributed by atoms with van der Waals surface area (Å²) >= 11 is 0. The lowest BCUT2D eigenvalue weighted by Crippen LogP contribution is -2.30. The highest BCUT2D eigenvalue weighted by Gasteiger charge is 2.20. The van der Waals surface area contributed by atoms with Crippen LogP contribution in [0.25, 0.3) is 0 Å². The summed E-state index contributed by atoms with van der Waals surface area (Å²) in [6.07, 6.45) is 82.4. The average Bonchev–Trinajstić information content (AvgIpc) is 3.45. The molecule has 0 rings (SSSR count). The molecule has 0 aliphatic carbocycles. The Kier molecular flexibility index (Phi) is 67.0. The van der Waals surface area contributed by atoms with E-state index in [0.717, 1.165) is 57.8 Å². The van der Waals surface area contributed by atoms with Crippen molar-refractivity contribution >= 4 is 17.9 Å². The van der Waals surface area contributed by atoms with Crippen molar-refractivity contribution < 1.29 is 28.6 Å². The molecule has 0 aliphatic rings. The van der Waals surface area contributed by atoms with Crippen LogP contribution in [0.4, 0.5) is 0 Å². The van der Waals surface area contributed by atoms with Crippen molar-refractivity contribution in [3.05, 3.63) is 12.2 Å². The van der Waals surface area contributed by atoms with Gasteiger partial charge in [-0.3, -0.25) is 14.4 Å². The van der Waals surface area contributed by atoms with Crippen molar-refractivity contribution in [1.29, 1.82) is 0 Å². The third kappa shape index (κ3) is 66.8. The smallest absolute Gasteiger partial charge is 0.306 e. The zero-order valence-corrected chi connectivity index (χ0v) is 53.9. The van der Waals surface area contributed by atoms with E-state index < -0.39 is 6.10 Å². The third-order valence-electron chi connectivity index (χ3n) is 16.8. The first kappa shape index (κ1) is 77.2. The van der Waals surface area contributed by atoms with Crippen LogP contribution < -0.4 is 0 Å². The topological polar surface area (TPSA) is 78.9 Å². The summed E-state index contributed by atoms with van der Waals surface area (Å²) in [6.45, 7) is 6.74. The van der Waals surface area contributed by atoms with Gasteiger partial charge in [0.25, 0.3) is 0 Å². The summed E-state index contributed by atoms with van der Waals surface area (Å²) in [5, 5.41) is 0. The summed E-state index contributed by atoms with van der Waals surface area (Å²) in [4.78, 5) is 38.5. The lowest BCUT2D eigenvalue weighted by atomic mass is 10.0. The summed E-state index contributed by atoms with van der Waals surface area (Å²) < 4.78 is 17.0. The molecule has 0 amide bonds. The zero-order chi connectivity index (χ0) is 57.1. The molecule has 6 nitrogen and oxygen atoms in total. The normalized spacial score (nSPS) is 12.0. The highest BCUT2D eigenvalue weighted by molar-refractivity contribution is 5.71. The van der Waals surface area contributed by atoms with E-state index in [4.69, 9.17) is 14.2 Å². The molecule has 0 radical (unpaired) electrons. The predicted molar refractivity (Wildman–Crippen MR) is 344 cm³/mol. The Morgan fingerprint density at radius 2 is 0.418 bits per heavy atom. The van der Waals surface area contributed by atoms with Gasteiger partial charge in [0.15, 0.2) is 6.10 Å². The van der Waals surface area contributed by atoms with Gasteiger partial charge in [-0.1, -0.05) is 367 Å². The number of hydrogen-bond donors (Lipinski definition) is 0. The molecule has 0 bridgehead atoms. The quantitative estimate of drug-likeness (QED) is 0.0261. The Labute approximate surface area is 494 Å². The highest BCUT2D eigenvalue weighted by Crippen LogP contribution is 2.19. The van der Waals surface area contributed by atoms with Crippen molar-refractivity contribution in [3.63, 3.8) is 0 Å². The maximum Gasteiger partial charge on any atom is 0.306 e. The summed E-state index contributed by atoms with van der Waals surface area (Å²) in [5.74, 6) is -0.823. The molecular weight excluding hydrogens is 973 g/mol. The second-order valence-corrected chi connectivity index (χ2v) is 24.9. The molecule has 0 heterocycles. The fraction of sp³-hybridized carbons (Fsp3) is 0.932. The van der Waals surface area contributed by atoms with Crippen LogP contribution in [0.3, 0.4) is 0 Å². The number of allylic oxidation sites excluding steroid dienone is 2. The van der Waals surface area contributed by atoms with E-state index in [2.05, 4.69) is 32.9 Å². The van der Waals surface area contributed by atoms with E-state index in [1.807, 2.05) is 0 Å². The summed E-state index contributed by atoms with van der Waals surface area (Å²) in [7, 11) is 0. The van der Waals surface area contributed by atoms with Crippen LogP contribution in [-0.2, 0) is 28.6 Å². The number of hydrogen-bond acceptors (Lipinski definition) is 6. The summed E-state index contributed by atoms with van der Waals surface area (Å²) in [6, 6.07) is 0. The molecule has 468 valence electrons. The van der Waals surface area contributed by atoms with Crippen LogP contribution in [0, 0.1) is 0 Å². The number of esters is 3. The predicted octanol–water partition coefficient (Wildman–Crippen LogP) is 24.8. The number of carbonyl (C=O) groups excluding carboxylic acids is 3. The first-order valence-corrected chi connectivity index (χ1v) is 36.2. The van der Waals surface area contributed by atoms with Crippen molar-refractivity contribution in [2.75, 3.05) is 13.2 Å². The van der Waals surface area contributed by atoms with Crippen LogP contribution in [0.1, 0.15) is 419 Å². The molecule has 0 saturated heterocycles. The molecular formula is C73H140O6. The Bertz CT molecular complexity index is 1230. The average molecular weight is 1110 g/mol. The number of carbonyl (C=O) groups is 3. The number of rotatable bonds is 68. The van der Waals surface area contributed by atoms with Crippen LogP contribution in [0.2, 0.25) is 0 Å². The molecule has 0 spiro atoms. The Hall–Kier alpha value is -1.85. The summed E-state index contributed by atoms with van der Waals surface area (Å²) in [5.41, 5.74) is 0. The minimum Gasteiger partial charge on any atom is -0.462 e. The molecule has 0 aromatic heterocycles. The molecule has 0 fully saturated rings. The van der Waals surface area contributed by atoms with Gasteiger partial charge >= 0.3 is 17.9 Å². The zero-order valence-electron chi connectivity index (χ0n) is 53.9. The van der Waals surface area contributed by atoms with E-state index in [0.29, 0.717) is 19.3 Å². The minimum absolute atomic E-state index is 0.0622. The monoisotopic (exact) mass is 1110 g/mol. The molecule has 79 heavy (non-hydrogen) atoms. The standard InChI is InChI=1S/C73H140O6/c1-4-7-10-13-16-19-22-25-28-31-33-34-35-36-37-38-40-42-45-48-51-54-57-60-63-66-72(75)78-69-70(68-77-71(74)65-62-59-56-53-50-47-44-41-30-27-24-21-18-15-12-9-6-3)79-73(76)67-64-61-58-55-52-49-46-43-39-32-29-26-23-20-17-14-11-8-5-2/h31,33,70H,4-30,32,34-69H2,1-3H3/b33-31-. The van der Waals surface area contributed by atoms with E-state index >= 15 is 0 Å².